The van der Waals surface area contributed by atoms with Gasteiger partial charge in [0.25, 0.3) is 0 Å². The normalized spacial score (nSPS) is 14.9. The monoisotopic (exact) mass is 525 g/mol. The number of hydrogen-bond acceptors (Lipinski definition) is 4. The van der Waals surface area contributed by atoms with Crippen molar-refractivity contribution in [2.75, 3.05) is 7.11 Å². The van der Waals surface area contributed by atoms with Gasteiger partial charge >= 0.3 is 5.97 Å². The molecule has 7 heteroatoms. The standard InChI is InChI=1S/C30H33FO5S/c1-19(2)37(34)29-14-21(9-11-26(29)27-17-24(35-3)10-12-28(27)31)18-36-25-6-4-5-22(15-25)23(16-30(32)33)13-20-7-8-20/h4-6,9-12,14-15,17,19-20,23,34H,7-8,13,16,18H2,1-3H3/p+1/t23-,37?/m1/s1. The second-order valence-electron chi connectivity index (χ2n) is 9.87. The predicted octanol–water partition coefficient (Wildman–Crippen LogP) is 7.30. The summed E-state index contributed by atoms with van der Waals surface area (Å²) in [6, 6.07) is 17.8. The van der Waals surface area contributed by atoms with Crippen molar-refractivity contribution in [3.8, 4) is 22.6 Å². The minimum Gasteiger partial charge on any atom is -0.497 e. The molecule has 2 N–H and O–H groups in total. The molecule has 0 heterocycles. The van der Waals surface area contributed by atoms with E-state index < -0.39 is 17.1 Å². The molecular weight excluding hydrogens is 491 g/mol. The van der Waals surface area contributed by atoms with Crippen molar-refractivity contribution in [1.82, 2.24) is 0 Å². The number of carbonyl (C=O) groups is 1. The molecule has 0 bridgehead atoms. The van der Waals surface area contributed by atoms with Crippen molar-refractivity contribution in [1.29, 1.82) is 0 Å². The van der Waals surface area contributed by atoms with Crippen molar-refractivity contribution >= 4 is 17.1 Å². The Morgan fingerprint density at radius 2 is 1.84 bits per heavy atom. The second kappa shape index (κ2) is 12.0. The molecule has 1 saturated carbocycles. The largest absolute Gasteiger partial charge is 0.497 e. The zero-order valence-electron chi connectivity index (χ0n) is 21.4. The SMILES string of the molecule is COc1ccc(F)c(-c2ccc(COc3cccc([C@@H](CC(=O)O)CC4CC4)c3)cc2[S+](O)C(C)C)c1. The number of methoxy groups -OCH3 is 1. The number of carboxylic acid groups (broad SMARTS) is 1. The first-order valence-electron chi connectivity index (χ1n) is 12.6. The van der Waals surface area contributed by atoms with Crippen LogP contribution < -0.4 is 9.47 Å². The van der Waals surface area contributed by atoms with E-state index in [1.165, 1.54) is 26.0 Å². The van der Waals surface area contributed by atoms with Crippen LogP contribution in [-0.4, -0.2) is 28.0 Å². The molecule has 0 spiro atoms. The highest BCUT2D eigenvalue weighted by Crippen LogP contribution is 2.40. The molecule has 0 saturated heterocycles. The maximum atomic E-state index is 14.8. The van der Waals surface area contributed by atoms with Gasteiger partial charge in [0, 0.05) is 17.2 Å². The third-order valence-electron chi connectivity index (χ3n) is 6.65. The quantitative estimate of drug-likeness (QED) is 0.243. The molecule has 4 rings (SSSR count). The molecule has 3 aromatic rings. The summed E-state index contributed by atoms with van der Waals surface area (Å²) in [5.41, 5.74) is 2.83. The summed E-state index contributed by atoms with van der Waals surface area (Å²) in [4.78, 5) is 12.1. The van der Waals surface area contributed by atoms with E-state index in [4.69, 9.17) is 9.47 Å². The first-order chi connectivity index (χ1) is 17.7. The maximum absolute atomic E-state index is 14.8. The highest BCUT2D eigenvalue weighted by atomic mass is 32.2. The molecule has 0 amide bonds. The van der Waals surface area contributed by atoms with Gasteiger partial charge < -0.3 is 14.6 Å². The number of benzene rings is 3. The Bertz CT molecular complexity index is 1240. The predicted molar refractivity (Wildman–Crippen MR) is 145 cm³/mol. The van der Waals surface area contributed by atoms with Gasteiger partial charge in [-0.15, -0.1) is 0 Å². The number of hydrogen-bond donors (Lipinski definition) is 2. The zero-order valence-corrected chi connectivity index (χ0v) is 22.3. The van der Waals surface area contributed by atoms with Crippen LogP contribution in [0, 0.1) is 11.7 Å². The van der Waals surface area contributed by atoms with Crippen LogP contribution in [0.3, 0.4) is 0 Å². The van der Waals surface area contributed by atoms with Crippen molar-refractivity contribution in [2.45, 2.75) is 62.2 Å². The fourth-order valence-electron chi connectivity index (χ4n) is 4.47. The molecule has 3 aromatic carbocycles. The minimum atomic E-state index is -1.11. The van der Waals surface area contributed by atoms with Gasteiger partial charge in [-0.3, -0.25) is 4.79 Å². The number of halogens is 1. The maximum Gasteiger partial charge on any atom is 0.303 e. The summed E-state index contributed by atoms with van der Waals surface area (Å²) in [6.45, 7) is 4.12. The van der Waals surface area contributed by atoms with Gasteiger partial charge in [0.2, 0.25) is 0 Å². The Balaban J connectivity index is 1.57. The Hall–Kier alpha value is -3.03. The highest BCUT2D eigenvalue weighted by Gasteiger charge is 2.30. The van der Waals surface area contributed by atoms with Gasteiger partial charge in [-0.25, -0.2) is 4.39 Å². The van der Waals surface area contributed by atoms with E-state index in [1.807, 2.05) is 56.3 Å². The van der Waals surface area contributed by atoms with Crippen LogP contribution >= 0.6 is 0 Å². The molecule has 1 aliphatic carbocycles. The van der Waals surface area contributed by atoms with E-state index in [0.717, 1.165) is 17.5 Å². The van der Waals surface area contributed by atoms with Crippen LogP contribution in [0.15, 0.2) is 65.6 Å². The van der Waals surface area contributed by atoms with Crippen molar-refractivity contribution in [2.24, 2.45) is 5.92 Å². The van der Waals surface area contributed by atoms with Crippen LogP contribution in [0.1, 0.15) is 56.6 Å². The third-order valence-corrected chi connectivity index (χ3v) is 8.33. The van der Waals surface area contributed by atoms with Crippen LogP contribution in [0.25, 0.3) is 11.1 Å². The topological polar surface area (TPSA) is 76.0 Å². The van der Waals surface area contributed by atoms with Crippen molar-refractivity contribution in [3.05, 3.63) is 77.6 Å². The highest BCUT2D eigenvalue weighted by molar-refractivity contribution is 7.92. The molecule has 2 atom stereocenters. The number of aliphatic carboxylic acids is 1. The molecule has 0 radical (unpaired) electrons. The summed E-state index contributed by atoms with van der Waals surface area (Å²) in [5, 5.41) is 9.34. The Morgan fingerprint density at radius 3 is 2.51 bits per heavy atom. The van der Waals surface area contributed by atoms with Gasteiger partial charge in [0.1, 0.15) is 23.9 Å². The van der Waals surface area contributed by atoms with E-state index in [1.54, 1.807) is 12.1 Å². The molecule has 37 heavy (non-hydrogen) atoms. The Morgan fingerprint density at radius 1 is 1.05 bits per heavy atom. The van der Waals surface area contributed by atoms with Gasteiger partial charge in [0.05, 0.1) is 13.5 Å². The number of ether oxygens (including phenoxy) is 2. The van der Waals surface area contributed by atoms with Gasteiger partial charge in [-0.2, -0.15) is 4.55 Å². The second-order valence-corrected chi connectivity index (χ2v) is 11.9. The molecule has 196 valence electrons. The molecule has 0 aliphatic heterocycles. The first kappa shape index (κ1) is 27.0. The first-order valence-corrected chi connectivity index (χ1v) is 13.8. The lowest BCUT2D eigenvalue weighted by molar-refractivity contribution is -0.137. The van der Waals surface area contributed by atoms with Gasteiger partial charge in [-0.05, 0) is 79.6 Å². The van der Waals surface area contributed by atoms with E-state index in [9.17, 15) is 18.8 Å². The van der Waals surface area contributed by atoms with E-state index in [-0.39, 0.29) is 30.0 Å². The average molecular weight is 526 g/mol. The summed E-state index contributed by atoms with van der Waals surface area (Å²) >= 11 is -1.11. The zero-order chi connectivity index (χ0) is 26.5. The van der Waals surface area contributed by atoms with Crippen LogP contribution in [0.5, 0.6) is 11.5 Å². The van der Waals surface area contributed by atoms with Crippen molar-refractivity contribution < 1.29 is 28.3 Å². The van der Waals surface area contributed by atoms with E-state index in [0.29, 0.717) is 33.4 Å². The lowest BCUT2D eigenvalue weighted by Gasteiger charge is -2.17. The lowest BCUT2D eigenvalue weighted by Crippen LogP contribution is -2.15. The fraction of sp³-hybridized carbons (Fsp3) is 0.367. The molecule has 1 fully saturated rings. The smallest absolute Gasteiger partial charge is 0.303 e. The number of rotatable bonds is 12. The van der Waals surface area contributed by atoms with Crippen LogP contribution in [0.2, 0.25) is 0 Å². The lowest BCUT2D eigenvalue weighted by atomic mass is 9.90. The molecule has 1 unspecified atom stereocenters. The Kier molecular flexibility index (Phi) is 8.77. The molecular formula is C30H34FO5S+. The molecule has 5 nitrogen and oxygen atoms in total. The average Bonchev–Trinajstić information content (AvgIpc) is 3.71. The van der Waals surface area contributed by atoms with Crippen LogP contribution in [0.4, 0.5) is 4.39 Å². The van der Waals surface area contributed by atoms with E-state index in [2.05, 4.69) is 0 Å². The molecule has 0 aromatic heterocycles. The summed E-state index contributed by atoms with van der Waals surface area (Å²) < 4.78 is 37.1. The third kappa shape index (κ3) is 7.05. The van der Waals surface area contributed by atoms with Crippen LogP contribution in [-0.2, 0) is 22.6 Å². The van der Waals surface area contributed by atoms with Gasteiger partial charge in [0.15, 0.2) is 21.3 Å². The summed E-state index contributed by atoms with van der Waals surface area (Å²) in [5.74, 6) is 0.625. The van der Waals surface area contributed by atoms with Crippen molar-refractivity contribution in [3.63, 3.8) is 0 Å². The summed E-state index contributed by atoms with van der Waals surface area (Å²) in [7, 11) is 1.54. The Labute approximate surface area is 220 Å². The van der Waals surface area contributed by atoms with Gasteiger partial charge in [-0.1, -0.05) is 31.0 Å². The fourth-order valence-corrected chi connectivity index (χ4v) is 5.66. The molecule has 1 aliphatic rings. The van der Waals surface area contributed by atoms with E-state index >= 15 is 0 Å². The summed E-state index contributed by atoms with van der Waals surface area (Å²) in [6.07, 6.45) is 3.34. The minimum absolute atomic E-state index is 0.0282. The number of carboxylic acids is 1.